The third-order valence-electron chi connectivity index (χ3n) is 3.45. The Labute approximate surface area is 146 Å². The predicted octanol–water partition coefficient (Wildman–Crippen LogP) is 1.35. The third-order valence-corrected chi connectivity index (χ3v) is 4.65. The Balaban J connectivity index is 2.51. The van der Waals surface area contributed by atoms with E-state index in [1.54, 1.807) is 24.4 Å². The summed E-state index contributed by atoms with van der Waals surface area (Å²) < 4.78 is 0. The maximum Gasteiger partial charge on any atom is 0.280 e. The SMILES string of the molecule is C=CC(C=C/C=N\CC)c1ccc(-c2c(O)c(=O)c(=O)c(=O)c2=O)s1. The number of nitrogens with zero attached hydrogens (tertiary/aromatic N) is 1. The van der Waals surface area contributed by atoms with Gasteiger partial charge in [0.2, 0.25) is 5.43 Å². The number of thiophene rings is 1. The van der Waals surface area contributed by atoms with Gasteiger partial charge in [-0.1, -0.05) is 12.2 Å². The first-order valence-electron chi connectivity index (χ1n) is 7.42. The van der Waals surface area contributed by atoms with E-state index in [0.717, 1.165) is 16.2 Å². The Morgan fingerprint density at radius 2 is 1.84 bits per heavy atom. The second-order valence-corrected chi connectivity index (χ2v) is 6.15. The van der Waals surface area contributed by atoms with E-state index >= 15 is 0 Å². The van der Waals surface area contributed by atoms with Crippen molar-refractivity contribution in [2.45, 2.75) is 12.8 Å². The quantitative estimate of drug-likeness (QED) is 0.478. The van der Waals surface area contributed by atoms with Gasteiger partial charge in [0.25, 0.3) is 16.3 Å². The molecule has 2 rings (SSSR count). The van der Waals surface area contributed by atoms with Crippen LogP contribution in [-0.2, 0) is 0 Å². The number of hydrogen-bond acceptors (Lipinski definition) is 7. The lowest BCUT2D eigenvalue weighted by Crippen LogP contribution is -2.46. The summed E-state index contributed by atoms with van der Waals surface area (Å²) >= 11 is 1.13. The average molecular weight is 357 g/mol. The number of phenols is 1. The van der Waals surface area contributed by atoms with Crippen LogP contribution in [0.25, 0.3) is 10.4 Å². The maximum atomic E-state index is 12.0. The second-order valence-electron chi connectivity index (χ2n) is 5.04. The van der Waals surface area contributed by atoms with E-state index in [9.17, 15) is 24.3 Å². The van der Waals surface area contributed by atoms with Crippen LogP contribution in [0.2, 0.25) is 0 Å². The minimum Gasteiger partial charge on any atom is -0.503 e. The van der Waals surface area contributed by atoms with E-state index in [1.807, 2.05) is 13.0 Å². The molecule has 0 radical (unpaired) electrons. The van der Waals surface area contributed by atoms with Crippen molar-refractivity contribution in [3.63, 3.8) is 0 Å². The van der Waals surface area contributed by atoms with Gasteiger partial charge < -0.3 is 5.11 Å². The summed E-state index contributed by atoms with van der Waals surface area (Å²) in [6, 6.07) is 3.22. The first kappa shape index (κ1) is 18.4. The molecule has 1 atom stereocenters. The Kier molecular flexibility index (Phi) is 5.71. The van der Waals surface area contributed by atoms with Crippen molar-refractivity contribution >= 4 is 17.6 Å². The summed E-state index contributed by atoms with van der Waals surface area (Å²) in [5.41, 5.74) is -5.89. The first-order chi connectivity index (χ1) is 11.9. The van der Waals surface area contributed by atoms with Gasteiger partial charge in [0.1, 0.15) is 0 Å². The van der Waals surface area contributed by atoms with E-state index in [2.05, 4.69) is 11.6 Å². The molecule has 0 aliphatic heterocycles. The highest BCUT2D eigenvalue weighted by atomic mass is 32.1. The summed E-state index contributed by atoms with van der Waals surface area (Å²) in [6.07, 6.45) is 6.96. The third kappa shape index (κ3) is 3.61. The predicted molar refractivity (Wildman–Crippen MR) is 100.0 cm³/mol. The van der Waals surface area contributed by atoms with Crippen LogP contribution in [0.15, 0.2) is 61.1 Å². The van der Waals surface area contributed by atoms with Gasteiger partial charge in [0.05, 0.1) is 5.56 Å². The van der Waals surface area contributed by atoms with Gasteiger partial charge in [-0.25, -0.2) is 0 Å². The van der Waals surface area contributed by atoms with Crippen molar-refractivity contribution in [1.82, 2.24) is 0 Å². The fourth-order valence-electron chi connectivity index (χ4n) is 2.17. The molecule has 0 fully saturated rings. The van der Waals surface area contributed by atoms with Crippen molar-refractivity contribution in [2.24, 2.45) is 4.99 Å². The van der Waals surface area contributed by atoms with Gasteiger partial charge >= 0.3 is 0 Å². The topological polar surface area (TPSA) is 101 Å². The molecule has 0 spiro atoms. The highest BCUT2D eigenvalue weighted by Crippen LogP contribution is 2.34. The molecule has 25 heavy (non-hydrogen) atoms. The smallest absolute Gasteiger partial charge is 0.280 e. The second kappa shape index (κ2) is 7.76. The fraction of sp³-hybridized carbons (Fsp3) is 0.167. The minimum absolute atomic E-state index is 0.170. The molecular weight excluding hydrogens is 342 g/mol. The number of hydrogen-bond donors (Lipinski definition) is 1. The van der Waals surface area contributed by atoms with Gasteiger partial charge in [-0.3, -0.25) is 24.2 Å². The zero-order valence-corrected chi connectivity index (χ0v) is 14.2. The lowest BCUT2D eigenvalue weighted by molar-refractivity contribution is 0.471. The molecule has 0 aliphatic carbocycles. The molecule has 0 bridgehead atoms. The Morgan fingerprint density at radius 3 is 2.48 bits per heavy atom. The number of phenolic OH excluding ortho intramolecular Hbond substituents is 1. The van der Waals surface area contributed by atoms with Crippen molar-refractivity contribution in [3.8, 4) is 16.2 Å². The lowest BCUT2D eigenvalue weighted by Gasteiger charge is -2.03. The number of rotatable bonds is 6. The van der Waals surface area contributed by atoms with Gasteiger partial charge in [-0.2, -0.15) is 0 Å². The molecule has 1 N–H and O–H groups in total. The van der Waals surface area contributed by atoms with Crippen LogP contribution in [0, 0.1) is 0 Å². The van der Waals surface area contributed by atoms with Gasteiger partial charge in [0, 0.05) is 28.4 Å². The van der Waals surface area contributed by atoms with Crippen LogP contribution in [0.5, 0.6) is 5.75 Å². The molecule has 0 amide bonds. The molecule has 7 heteroatoms. The Bertz CT molecular complexity index is 1050. The maximum absolute atomic E-state index is 12.0. The summed E-state index contributed by atoms with van der Waals surface area (Å²) in [4.78, 5) is 51.6. The summed E-state index contributed by atoms with van der Waals surface area (Å²) in [5.74, 6) is -1.15. The summed E-state index contributed by atoms with van der Waals surface area (Å²) in [7, 11) is 0. The Morgan fingerprint density at radius 1 is 1.16 bits per heavy atom. The standard InChI is InChI=1S/C18H15NO5S/c1-3-10(6-5-9-19-4-2)11-7-8-12(25-11)13-14(20)16(22)18(24)17(23)15(13)21/h3,5-10,20H,1,4H2,2H3/b6-5?,19-9-. The van der Waals surface area contributed by atoms with Crippen molar-refractivity contribution < 1.29 is 5.11 Å². The molecule has 0 saturated carbocycles. The fourth-order valence-corrected chi connectivity index (χ4v) is 3.30. The highest BCUT2D eigenvalue weighted by Gasteiger charge is 2.21. The lowest BCUT2D eigenvalue weighted by atomic mass is 10.1. The van der Waals surface area contributed by atoms with Gasteiger partial charge in [0.15, 0.2) is 5.75 Å². The van der Waals surface area contributed by atoms with Crippen LogP contribution in [0.1, 0.15) is 17.7 Å². The molecule has 6 nitrogen and oxygen atoms in total. The molecule has 1 aromatic heterocycles. The summed E-state index contributed by atoms with van der Waals surface area (Å²) in [5, 5.41) is 9.85. The normalized spacial score (nSPS) is 12.8. The number of aromatic hydroxyl groups is 1. The highest BCUT2D eigenvalue weighted by molar-refractivity contribution is 7.15. The van der Waals surface area contributed by atoms with Crippen LogP contribution < -0.4 is 21.7 Å². The monoisotopic (exact) mass is 357 g/mol. The molecule has 0 saturated heterocycles. The van der Waals surface area contributed by atoms with E-state index in [-0.39, 0.29) is 10.8 Å². The van der Waals surface area contributed by atoms with E-state index < -0.39 is 33.0 Å². The van der Waals surface area contributed by atoms with Crippen molar-refractivity contribution in [3.05, 3.63) is 82.7 Å². The van der Waals surface area contributed by atoms with E-state index in [1.165, 1.54) is 6.07 Å². The van der Waals surface area contributed by atoms with E-state index in [4.69, 9.17) is 0 Å². The number of allylic oxidation sites excluding steroid dienone is 3. The Hall–Kier alpha value is -2.93. The molecule has 1 unspecified atom stereocenters. The largest absolute Gasteiger partial charge is 0.503 e. The molecule has 1 aromatic carbocycles. The average Bonchev–Trinajstić information content (AvgIpc) is 3.08. The van der Waals surface area contributed by atoms with Crippen LogP contribution in [-0.4, -0.2) is 17.9 Å². The molecule has 128 valence electrons. The van der Waals surface area contributed by atoms with Crippen LogP contribution >= 0.6 is 11.3 Å². The van der Waals surface area contributed by atoms with Gasteiger partial charge in [-0.15, -0.1) is 17.9 Å². The molecular formula is C18H15NO5S. The van der Waals surface area contributed by atoms with Crippen molar-refractivity contribution in [1.29, 1.82) is 0 Å². The summed E-state index contributed by atoms with van der Waals surface area (Å²) in [6.45, 7) is 6.33. The van der Waals surface area contributed by atoms with E-state index in [0.29, 0.717) is 6.54 Å². The van der Waals surface area contributed by atoms with Crippen LogP contribution in [0.3, 0.4) is 0 Å². The van der Waals surface area contributed by atoms with Crippen molar-refractivity contribution in [2.75, 3.05) is 6.54 Å². The zero-order valence-electron chi connectivity index (χ0n) is 13.4. The van der Waals surface area contributed by atoms with Gasteiger partial charge in [-0.05, 0) is 25.1 Å². The molecule has 0 aliphatic rings. The first-order valence-corrected chi connectivity index (χ1v) is 8.24. The number of aliphatic imine (C=N–C) groups is 1. The number of benzene rings is 1. The molecule has 1 heterocycles. The zero-order chi connectivity index (χ0) is 18.6. The molecule has 2 aromatic rings. The van der Waals surface area contributed by atoms with Crippen LogP contribution in [0.4, 0.5) is 0 Å². The minimum atomic E-state index is -1.51.